The molecule has 0 amide bonds. The summed E-state index contributed by atoms with van der Waals surface area (Å²) in [6, 6.07) is 15.7. The molecule has 9 heteroatoms. The molecule has 0 bridgehead atoms. The summed E-state index contributed by atoms with van der Waals surface area (Å²) in [5.74, 6) is 0.268. The zero-order valence-corrected chi connectivity index (χ0v) is 20.7. The van der Waals surface area contributed by atoms with Gasteiger partial charge >= 0.3 is 5.97 Å². The first-order valence-electron chi connectivity index (χ1n) is 11.2. The number of hydrogen-bond acceptors (Lipinski definition) is 7. The van der Waals surface area contributed by atoms with E-state index in [1.807, 2.05) is 38.1 Å². The number of carbonyl (C=O) groups is 1. The fraction of sp³-hybridized carbons (Fsp3) is 0.185. The van der Waals surface area contributed by atoms with Gasteiger partial charge in [0.25, 0.3) is 5.69 Å². The van der Waals surface area contributed by atoms with Crippen molar-refractivity contribution in [1.82, 2.24) is 0 Å². The molecule has 4 rings (SSSR count). The molecule has 0 saturated heterocycles. The highest BCUT2D eigenvalue weighted by Crippen LogP contribution is 2.38. The van der Waals surface area contributed by atoms with Crippen molar-refractivity contribution in [2.75, 3.05) is 6.61 Å². The highest BCUT2D eigenvalue weighted by molar-refractivity contribution is 6.32. The Morgan fingerprint density at radius 1 is 1.08 bits per heavy atom. The van der Waals surface area contributed by atoms with Gasteiger partial charge in [-0.3, -0.25) is 10.1 Å². The molecular formula is C27H23ClN2O6. The van der Waals surface area contributed by atoms with Crippen LogP contribution < -0.4 is 9.47 Å². The van der Waals surface area contributed by atoms with Gasteiger partial charge in [0.1, 0.15) is 6.61 Å². The van der Waals surface area contributed by atoms with Gasteiger partial charge < -0.3 is 14.2 Å². The molecule has 1 aliphatic heterocycles. The van der Waals surface area contributed by atoms with Crippen molar-refractivity contribution in [3.05, 3.63) is 103 Å². The average Bonchev–Trinajstić information content (AvgIpc) is 3.19. The van der Waals surface area contributed by atoms with Crippen LogP contribution in [0.5, 0.6) is 11.5 Å². The van der Waals surface area contributed by atoms with E-state index in [0.717, 1.165) is 11.1 Å². The Hall–Kier alpha value is -4.17. The minimum Gasteiger partial charge on any atom is -0.490 e. The standard InChI is InChI=1S/C27H23ClN2O6/c1-4-34-24-14-18(12-21(28)25(24)35-15-20-8-6-5-7-16(20)2)13-22-27(31)36-26(29-22)19-9-10-23(30(32)33)17(3)11-19/h5-14H,4,15H2,1-3H3/b22-13-. The lowest BCUT2D eigenvalue weighted by atomic mass is 10.1. The van der Waals surface area contributed by atoms with E-state index in [9.17, 15) is 14.9 Å². The number of aliphatic imine (C=N–C) groups is 1. The first-order chi connectivity index (χ1) is 17.3. The largest absolute Gasteiger partial charge is 0.490 e. The zero-order valence-electron chi connectivity index (χ0n) is 19.9. The van der Waals surface area contributed by atoms with E-state index in [-0.39, 0.29) is 17.3 Å². The maximum Gasteiger partial charge on any atom is 0.363 e. The predicted octanol–water partition coefficient (Wildman–Crippen LogP) is 6.19. The summed E-state index contributed by atoms with van der Waals surface area (Å²) in [6.45, 7) is 6.17. The number of nitro benzene ring substituents is 1. The Balaban J connectivity index is 1.62. The monoisotopic (exact) mass is 506 g/mol. The van der Waals surface area contributed by atoms with Gasteiger partial charge in [0.15, 0.2) is 17.2 Å². The topological polar surface area (TPSA) is 100 Å². The third-order valence-electron chi connectivity index (χ3n) is 5.53. The van der Waals surface area contributed by atoms with Crippen LogP contribution in [0.1, 0.15) is 34.7 Å². The number of carbonyl (C=O) groups excluding carboxylic acids is 1. The van der Waals surface area contributed by atoms with Crippen molar-refractivity contribution in [2.45, 2.75) is 27.4 Å². The summed E-state index contributed by atoms with van der Waals surface area (Å²) >= 11 is 6.54. The Morgan fingerprint density at radius 3 is 2.56 bits per heavy atom. The molecule has 0 saturated carbocycles. The SMILES string of the molecule is CCOc1cc(/C=C2\N=C(c3ccc([N+](=O)[O-])c(C)c3)OC2=O)cc(Cl)c1OCc1ccccc1C. The lowest BCUT2D eigenvalue weighted by Gasteiger charge is -2.15. The molecule has 0 fully saturated rings. The maximum atomic E-state index is 12.5. The number of nitro groups is 1. The van der Waals surface area contributed by atoms with Crippen molar-refractivity contribution < 1.29 is 23.9 Å². The Kier molecular flexibility index (Phi) is 7.36. The average molecular weight is 507 g/mol. The Bertz CT molecular complexity index is 1410. The van der Waals surface area contributed by atoms with E-state index in [4.69, 9.17) is 25.8 Å². The van der Waals surface area contributed by atoms with E-state index < -0.39 is 10.9 Å². The van der Waals surface area contributed by atoms with E-state index in [2.05, 4.69) is 4.99 Å². The maximum absolute atomic E-state index is 12.5. The summed E-state index contributed by atoms with van der Waals surface area (Å²) < 4.78 is 17.1. The molecule has 36 heavy (non-hydrogen) atoms. The molecule has 0 spiro atoms. The van der Waals surface area contributed by atoms with Crippen molar-refractivity contribution in [3.63, 3.8) is 0 Å². The van der Waals surface area contributed by atoms with Crippen molar-refractivity contribution in [2.24, 2.45) is 4.99 Å². The molecule has 1 heterocycles. The molecule has 8 nitrogen and oxygen atoms in total. The van der Waals surface area contributed by atoms with Crippen LogP contribution in [0.25, 0.3) is 6.08 Å². The first-order valence-corrected chi connectivity index (χ1v) is 11.6. The van der Waals surface area contributed by atoms with Crippen LogP contribution in [-0.4, -0.2) is 23.4 Å². The quantitative estimate of drug-likeness (QED) is 0.156. The number of rotatable bonds is 8. The third-order valence-corrected chi connectivity index (χ3v) is 5.81. The van der Waals surface area contributed by atoms with Gasteiger partial charge in [-0.25, -0.2) is 9.79 Å². The van der Waals surface area contributed by atoms with Crippen molar-refractivity contribution in [3.8, 4) is 11.5 Å². The molecule has 0 radical (unpaired) electrons. The summed E-state index contributed by atoms with van der Waals surface area (Å²) in [7, 11) is 0. The summed E-state index contributed by atoms with van der Waals surface area (Å²) in [5.41, 5.74) is 3.63. The molecular weight excluding hydrogens is 484 g/mol. The number of benzene rings is 3. The number of nitrogens with zero attached hydrogens (tertiary/aromatic N) is 2. The van der Waals surface area contributed by atoms with Gasteiger partial charge in [-0.15, -0.1) is 0 Å². The van der Waals surface area contributed by atoms with Crippen LogP contribution in [0, 0.1) is 24.0 Å². The number of aryl methyl sites for hydroxylation is 2. The molecule has 184 valence electrons. The Labute approximate surface area is 212 Å². The van der Waals surface area contributed by atoms with E-state index in [1.54, 1.807) is 25.1 Å². The van der Waals surface area contributed by atoms with E-state index in [0.29, 0.717) is 46.4 Å². The van der Waals surface area contributed by atoms with E-state index >= 15 is 0 Å². The normalized spacial score (nSPS) is 13.9. The third kappa shape index (κ3) is 5.39. The van der Waals surface area contributed by atoms with Crippen LogP contribution in [0.4, 0.5) is 5.69 Å². The fourth-order valence-electron chi connectivity index (χ4n) is 3.68. The van der Waals surface area contributed by atoms with Crippen LogP contribution in [0.15, 0.2) is 65.3 Å². The smallest absolute Gasteiger partial charge is 0.363 e. The van der Waals surface area contributed by atoms with Crippen LogP contribution >= 0.6 is 11.6 Å². The molecule has 1 aliphatic rings. The number of hydrogen-bond donors (Lipinski definition) is 0. The second-order valence-corrected chi connectivity index (χ2v) is 8.48. The van der Waals surface area contributed by atoms with Gasteiger partial charge in [0, 0.05) is 17.2 Å². The van der Waals surface area contributed by atoms with Crippen molar-refractivity contribution >= 4 is 35.2 Å². The minimum absolute atomic E-state index is 0.0257. The van der Waals surface area contributed by atoms with Crippen molar-refractivity contribution in [1.29, 1.82) is 0 Å². The number of ether oxygens (including phenoxy) is 3. The van der Waals surface area contributed by atoms with Crippen LogP contribution in [0.3, 0.4) is 0 Å². The predicted molar refractivity (Wildman–Crippen MR) is 137 cm³/mol. The molecule has 3 aromatic carbocycles. The minimum atomic E-state index is -0.644. The molecule has 0 aromatic heterocycles. The van der Waals surface area contributed by atoms with Crippen LogP contribution in [0.2, 0.25) is 5.02 Å². The molecule has 3 aromatic rings. The van der Waals surface area contributed by atoms with Crippen LogP contribution in [-0.2, 0) is 16.1 Å². The fourth-order valence-corrected chi connectivity index (χ4v) is 3.95. The van der Waals surface area contributed by atoms with E-state index in [1.165, 1.54) is 18.2 Å². The van der Waals surface area contributed by atoms with Gasteiger partial charge in [0.2, 0.25) is 5.90 Å². The molecule has 0 aliphatic carbocycles. The zero-order chi connectivity index (χ0) is 25.8. The lowest BCUT2D eigenvalue weighted by molar-refractivity contribution is -0.385. The second kappa shape index (κ2) is 10.6. The first kappa shape index (κ1) is 24.9. The molecule has 0 N–H and O–H groups in total. The molecule has 0 atom stereocenters. The van der Waals surface area contributed by atoms with Gasteiger partial charge in [0.05, 0.1) is 16.6 Å². The Morgan fingerprint density at radius 2 is 1.86 bits per heavy atom. The highest BCUT2D eigenvalue weighted by Gasteiger charge is 2.26. The van der Waals surface area contributed by atoms with Gasteiger partial charge in [-0.2, -0.15) is 0 Å². The number of cyclic esters (lactones) is 1. The number of halogens is 1. The summed E-state index contributed by atoms with van der Waals surface area (Å²) in [4.78, 5) is 27.4. The van der Waals surface area contributed by atoms with Gasteiger partial charge in [-0.05, 0) is 67.8 Å². The van der Waals surface area contributed by atoms with Gasteiger partial charge in [-0.1, -0.05) is 35.9 Å². The highest BCUT2D eigenvalue weighted by atomic mass is 35.5. The molecule has 0 unspecified atom stereocenters. The number of esters is 1. The lowest BCUT2D eigenvalue weighted by Crippen LogP contribution is -2.06. The summed E-state index contributed by atoms with van der Waals surface area (Å²) in [6.07, 6.45) is 1.53. The summed E-state index contributed by atoms with van der Waals surface area (Å²) in [5, 5.41) is 11.4. The second-order valence-electron chi connectivity index (χ2n) is 8.07.